The van der Waals surface area contributed by atoms with Gasteiger partial charge in [0.05, 0.1) is 0 Å². The first-order valence-electron chi connectivity index (χ1n) is 4.37. The van der Waals surface area contributed by atoms with Crippen molar-refractivity contribution in [3.8, 4) is 0 Å². The van der Waals surface area contributed by atoms with Crippen LogP contribution in [0.2, 0.25) is 0 Å². The molecule has 15 heavy (non-hydrogen) atoms. The fraction of sp³-hybridized carbons (Fsp3) is 0.714. The van der Waals surface area contributed by atoms with E-state index in [-0.39, 0.29) is 12.4 Å². The maximum absolute atomic E-state index is 11.8. The van der Waals surface area contributed by atoms with Gasteiger partial charge in [-0.2, -0.15) is 22.5 Å². The third-order valence-electron chi connectivity index (χ3n) is 1.60. The second-order valence-electron chi connectivity index (χ2n) is 2.96. The van der Waals surface area contributed by atoms with Gasteiger partial charge in [0, 0.05) is 24.5 Å². The van der Waals surface area contributed by atoms with Crippen LogP contribution in [0, 0.1) is 0 Å². The molecule has 1 heterocycles. The van der Waals surface area contributed by atoms with Crippen LogP contribution in [0.5, 0.6) is 0 Å². The van der Waals surface area contributed by atoms with Crippen LogP contribution in [0.3, 0.4) is 0 Å². The topological polar surface area (TPSA) is 63.8 Å². The molecule has 0 unspecified atom stereocenters. The van der Waals surface area contributed by atoms with Crippen LogP contribution in [0.15, 0.2) is 0 Å². The Morgan fingerprint density at radius 3 is 2.60 bits per heavy atom. The predicted molar refractivity (Wildman–Crippen MR) is 52.7 cm³/mol. The highest BCUT2D eigenvalue weighted by Crippen LogP contribution is 2.22. The lowest BCUT2D eigenvalue weighted by molar-refractivity contribution is -0.135. The van der Waals surface area contributed by atoms with Crippen LogP contribution in [0.1, 0.15) is 19.3 Å². The summed E-state index contributed by atoms with van der Waals surface area (Å²) in [6.07, 6.45) is -4.25. The standard InChI is InChI=1S/C7H11F3N4S/c8-7(9,10)3-1-2-4-12-6-13-5(11)14-15-6/h1-4H2,(H3,11,12,13,14). The van der Waals surface area contributed by atoms with Crippen LogP contribution in [0.25, 0.3) is 0 Å². The van der Waals surface area contributed by atoms with Crippen molar-refractivity contribution in [1.82, 2.24) is 9.36 Å². The molecule has 1 aromatic rings. The van der Waals surface area contributed by atoms with Gasteiger partial charge in [-0.25, -0.2) is 0 Å². The van der Waals surface area contributed by atoms with Gasteiger partial charge in [0.25, 0.3) is 0 Å². The molecule has 1 rings (SSSR count). The summed E-state index contributed by atoms with van der Waals surface area (Å²) in [5, 5.41) is 3.39. The Morgan fingerprint density at radius 2 is 2.07 bits per heavy atom. The largest absolute Gasteiger partial charge is 0.389 e. The van der Waals surface area contributed by atoms with E-state index in [0.29, 0.717) is 18.1 Å². The molecule has 0 aliphatic heterocycles. The lowest BCUT2D eigenvalue weighted by Gasteiger charge is -2.05. The molecule has 0 saturated carbocycles. The average Bonchev–Trinajstić information content (AvgIpc) is 2.49. The number of nitrogens with zero attached hydrogens (tertiary/aromatic N) is 2. The first-order chi connectivity index (χ1) is 6.97. The molecule has 3 N–H and O–H groups in total. The molecule has 0 bridgehead atoms. The maximum atomic E-state index is 11.8. The number of nitrogens with two attached hydrogens (primary N) is 1. The molecule has 0 radical (unpaired) electrons. The monoisotopic (exact) mass is 240 g/mol. The second kappa shape index (κ2) is 5.15. The molecule has 8 heteroatoms. The Hall–Kier alpha value is -1.05. The summed E-state index contributed by atoms with van der Waals surface area (Å²) in [5.74, 6) is 0.179. The van der Waals surface area contributed by atoms with Gasteiger partial charge in [0.15, 0.2) is 0 Å². The van der Waals surface area contributed by atoms with Crippen LogP contribution < -0.4 is 11.1 Å². The minimum Gasteiger partial charge on any atom is -0.367 e. The van der Waals surface area contributed by atoms with E-state index in [1.54, 1.807) is 0 Å². The normalized spacial score (nSPS) is 11.7. The molecule has 0 spiro atoms. The van der Waals surface area contributed by atoms with E-state index in [4.69, 9.17) is 5.73 Å². The van der Waals surface area contributed by atoms with E-state index >= 15 is 0 Å². The van der Waals surface area contributed by atoms with Crippen LogP contribution in [-0.2, 0) is 0 Å². The number of hydrogen-bond acceptors (Lipinski definition) is 5. The van der Waals surface area contributed by atoms with Crippen molar-refractivity contribution >= 4 is 22.6 Å². The van der Waals surface area contributed by atoms with Crippen molar-refractivity contribution in [1.29, 1.82) is 0 Å². The molecule has 0 aliphatic carbocycles. The van der Waals surface area contributed by atoms with Gasteiger partial charge in [0.1, 0.15) is 0 Å². The number of nitrogens with one attached hydrogen (secondary N) is 1. The molecule has 0 amide bonds. The molecule has 0 aliphatic rings. The number of halogens is 3. The summed E-state index contributed by atoms with van der Waals surface area (Å²) in [6, 6.07) is 0. The molecular formula is C7H11F3N4S. The van der Waals surface area contributed by atoms with Gasteiger partial charge < -0.3 is 11.1 Å². The Balaban J connectivity index is 2.07. The smallest absolute Gasteiger partial charge is 0.367 e. The third kappa shape index (κ3) is 5.40. The van der Waals surface area contributed by atoms with Crippen LogP contribution >= 0.6 is 11.5 Å². The number of aromatic nitrogens is 2. The van der Waals surface area contributed by atoms with E-state index in [0.717, 1.165) is 11.5 Å². The minimum atomic E-state index is -4.06. The summed E-state index contributed by atoms with van der Waals surface area (Å²) in [5.41, 5.74) is 5.27. The zero-order valence-electron chi connectivity index (χ0n) is 7.84. The number of unbranched alkanes of at least 4 members (excludes halogenated alkanes) is 1. The lowest BCUT2D eigenvalue weighted by atomic mass is 10.2. The first kappa shape index (κ1) is 12.0. The Labute approximate surface area is 88.9 Å². The van der Waals surface area contributed by atoms with Crippen molar-refractivity contribution in [2.24, 2.45) is 0 Å². The van der Waals surface area contributed by atoms with Crippen molar-refractivity contribution in [2.75, 3.05) is 17.6 Å². The summed E-state index contributed by atoms with van der Waals surface area (Å²) >= 11 is 1.09. The minimum absolute atomic E-state index is 0.116. The van der Waals surface area contributed by atoms with Gasteiger partial charge in [-0.05, 0) is 12.8 Å². The highest BCUT2D eigenvalue weighted by molar-refractivity contribution is 7.09. The SMILES string of the molecule is Nc1nsc(NCCCCC(F)(F)F)n1. The molecule has 0 fully saturated rings. The summed E-state index contributed by atoms with van der Waals surface area (Å²) in [7, 11) is 0. The molecule has 0 saturated heterocycles. The summed E-state index contributed by atoms with van der Waals surface area (Å²) in [6.45, 7) is 0.449. The zero-order valence-corrected chi connectivity index (χ0v) is 8.66. The number of alkyl halides is 3. The van der Waals surface area contributed by atoms with E-state index in [1.807, 2.05) is 0 Å². The van der Waals surface area contributed by atoms with Crippen LogP contribution in [0.4, 0.5) is 24.3 Å². The maximum Gasteiger partial charge on any atom is 0.389 e. The van der Waals surface area contributed by atoms with Crippen LogP contribution in [-0.4, -0.2) is 22.1 Å². The summed E-state index contributed by atoms with van der Waals surface area (Å²) in [4.78, 5) is 3.81. The first-order valence-corrected chi connectivity index (χ1v) is 5.14. The van der Waals surface area contributed by atoms with Crippen molar-refractivity contribution in [3.63, 3.8) is 0 Å². The van der Waals surface area contributed by atoms with Gasteiger partial charge in [-0.3, -0.25) is 0 Å². The van der Waals surface area contributed by atoms with Gasteiger partial charge in [-0.15, -0.1) is 0 Å². The quantitative estimate of drug-likeness (QED) is 0.775. The molecular weight excluding hydrogens is 229 g/mol. The summed E-state index contributed by atoms with van der Waals surface area (Å²) < 4.78 is 39.0. The highest BCUT2D eigenvalue weighted by atomic mass is 32.1. The molecule has 86 valence electrons. The number of hydrogen-bond donors (Lipinski definition) is 2. The van der Waals surface area contributed by atoms with Gasteiger partial charge in [0.2, 0.25) is 11.1 Å². The van der Waals surface area contributed by atoms with E-state index in [2.05, 4.69) is 14.7 Å². The van der Waals surface area contributed by atoms with E-state index in [9.17, 15) is 13.2 Å². The van der Waals surface area contributed by atoms with E-state index in [1.165, 1.54) is 0 Å². The van der Waals surface area contributed by atoms with Crippen molar-refractivity contribution in [3.05, 3.63) is 0 Å². The van der Waals surface area contributed by atoms with Gasteiger partial charge >= 0.3 is 6.18 Å². The number of anilines is 2. The number of nitrogen functional groups attached to an aromatic ring is 1. The molecule has 4 nitrogen and oxygen atoms in total. The Kier molecular flexibility index (Phi) is 4.13. The van der Waals surface area contributed by atoms with E-state index < -0.39 is 12.6 Å². The predicted octanol–water partition coefficient (Wildman–Crippen LogP) is 2.26. The van der Waals surface area contributed by atoms with Crippen molar-refractivity contribution in [2.45, 2.75) is 25.4 Å². The molecule has 0 aromatic carbocycles. The molecule has 1 aromatic heterocycles. The average molecular weight is 240 g/mol. The molecule has 0 atom stereocenters. The fourth-order valence-corrected chi connectivity index (χ4v) is 1.47. The number of rotatable bonds is 5. The zero-order chi connectivity index (χ0) is 11.3. The Bertz CT molecular complexity index is 299. The van der Waals surface area contributed by atoms with Gasteiger partial charge in [-0.1, -0.05) is 0 Å². The third-order valence-corrected chi connectivity index (χ3v) is 2.29. The Morgan fingerprint density at radius 1 is 1.33 bits per heavy atom. The highest BCUT2D eigenvalue weighted by Gasteiger charge is 2.25. The lowest BCUT2D eigenvalue weighted by Crippen LogP contribution is -2.08. The van der Waals surface area contributed by atoms with Crippen molar-refractivity contribution < 1.29 is 13.2 Å². The second-order valence-corrected chi connectivity index (χ2v) is 3.71. The fourth-order valence-electron chi connectivity index (χ4n) is 0.952.